The van der Waals surface area contributed by atoms with E-state index in [-0.39, 0.29) is 17.2 Å². The van der Waals surface area contributed by atoms with Crippen molar-refractivity contribution in [3.63, 3.8) is 0 Å². The van der Waals surface area contributed by atoms with Crippen LogP contribution in [-0.2, 0) is 4.79 Å². The summed E-state index contributed by atoms with van der Waals surface area (Å²) in [5.41, 5.74) is 1.94. The number of aromatic nitrogens is 2. The molecule has 22 heavy (non-hydrogen) atoms. The van der Waals surface area contributed by atoms with Gasteiger partial charge < -0.3 is 10.6 Å². The highest BCUT2D eigenvalue weighted by Crippen LogP contribution is 2.42. The highest BCUT2D eigenvalue weighted by molar-refractivity contribution is 5.92. The minimum absolute atomic E-state index is 0.0690. The summed E-state index contributed by atoms with van der Waals surface area (Å²) >= 11 is 0. The van der Waals surface area contributed by atoms with E-state index in [0.717, 1.165) is 37.1 Å². The lowest BCUT2D eigenvalue weighted by atomic mass is 9.70. The van der Waals surface area contributed by atoms with Crippen LogP contribution in [0.2, 0.25) is 0 Å². The van der Waals surface area contributed by atoms with Crippen LogP contribution in [0.15, 0.2) is 24.2 Å². The number of amides is 2. The van der Waals surface area contributed by atoms with Gasteiger partial charge in [0.15, 0.2) is 0 Å². The molecule has 1 aromatic rings. The third-order valence-corrected chi connectivity index (χ3v) is 4.48. The first-order chi connectivity index (χ1) is 10.6. The first-order valence-electron chi connectivity index (χ1n) is 7.66. The van der Waals surface area contributed by atoms with Crippen LogP contribution < -0.4 is 10.6 Å². The first-order valence-corrected chi connectivity index (χ1v) is 7.66. The number of piperidine rings is 1. The molecule has 1 atom stereocenters. The molecule has 1 unspecified atom stereocenters. The predicted octanol–water partition coefficient (Wildman–Crippen LogP) is 1.48. The van der Waals surface area contributed by atoms with E-state index in [2.05, 4.69) is 26.7 Å². The molecule has 1 aliphatic heterocycles. The second-order valence-corrected chi connectivity index (χ2v) is 6.06. The Hall–Kier alpha value is -2.24. The lowest BCUT2D eigenvalue weighted by molar-refractivity contribution is -0.122. The fraction of sp³-hybridized carbons (Fsp3) is 0.500. The zero-order valence-electron chi connectivity index (χ0n) is 12.7. The van der Waals surface area contributed by atoms with E-state index in [4.69, 9.17) is 0 Å². The smallest absolute Gasteiger partial charge is 0.271 e. The Balaban J connectivity index is 1.70. The van der Waals surface area contributed by atoms with Crippen molar-refractivity contribution in [1.82, 2.24) is 20.6 Å². The van der Waals surface area contributed by atoms with E-state index in [1.807, 2.05) is 6.92 Å². The van der Waals surface area contributed by atoms with Gasteiger partial charge in [-0.1, -0.05) is 6.08 Å². The molecule has 6 heteroatoms. The van der Waals surface area contributed by atoms with E-state index in [0.29, 0.717) is 18.7 Å². The van der Waals surface area contributed by atoms with Crippen molar-refractivity contribution in [3.8, 4) is 0 Å². The summed E-state index contributed by atoms with van der Waals surface area (Å²) in [6.07, 6.45) is 9.51. The van der Waals surface area contributed by atoms with E-state index in [1.165, 1.54) is 6.20 Å². The molecular weight excluding hydrogens is 280 g/mol. The minimum atomic E-state index is -0.219. The van der Waals surface area contributed by atoms with E-state index in [9.17, 15) is 9.59 Å². The van der Waals surface area contributed by atoms with Gasteiger partial charge in [0.25, 0.3) is 5.91 Å². The van der Waals surface area contributed by atoms with Crippen LogP contribution >= 0.6 is 0 Å². The zero-order valence-corrected chi connectivity index (χ0v) is 12.7. The molecule has 2 aliphatic rings. The van der Waals surface area contributed by atoms with Crippen LogP contribution in [0.1, 0.15) is 48.3 Å². The van der Waals surface area contributed by atoms with Crippen molar-refractivity contribution in [1.29, 1.82) is 0 Å². The summed E-state index contributed by atoms with van der Waals surface area (Å²) in [4.78, 5) is 32.0. The van der Waals surface area contributed by atoms with Crippen molar-refractivity contribution in [2.45, 2.75) is 39.0 Å². The number of nitrogens with one attached hydrogen (secondary N) is 2. The van der Waals surface area contributed by atoms with E-state index in [1.54, 1.807) is 6.20 Å². The van der Waals surface area contributed by atoms with Crippen LogP contribution in [0.5, 0.6) is 0 Å². The van der Waals surface area contributed by atoms with E-state index >= 15 is 0 Å². The number of fused-ring (bicyclic) bond motifs is 1. The summed E-state index contributed by atoms with van der Waals surface area (Å²) in [5, 5.41) is 5.93. The Bertz CT molecular complexity index is 624. The maximum Gasteiger partial charge on any atom is 0.271 e. The molecule has 2 heterocycles. The van der Waals surface area contributed by atoms with Crippen LogP contribution in [-0.4, -0.2) is 28.3 Å². The van der Waals surface area contributed by atoms with Gasteiger partial charge in [-0.2, -0.15) is 0 Å². The molecule has 0 radical (unpaired) electrons. The van der Waals surface area contributed by atoms with Gasteiger partial charge in [-0.3, -0.25) is 14.6 Å². The second kappa shape index (κ2) is 5.87. The molecule has 116 valence electrons. The molecule has 3 rings (SSSR count). The molecule has 0 aromatic carbocycles. The predicted molar refractivity (Wildman–Crippen MR) is 80.8 cm³/mol. The molecule has 2 N–H and O–H groups in total. The minimum Gasteiger partial charge on any atom is -0.350 e. The number of carbonyl (C=O) groups is 2. The van der Waals surface area contributed by atoms with Gasteiger partial charge in [-0.05, 0) is 32.6 Å². The third kappa shape index (κ3) is 2.86. The average molecular weight is 300 g/mol. The number of allylic oxidation sites excluding steroid dienone is 1. The number of hydrogen-bond donors (Lipinski definition) is 2. The normalized spacial score (nSPS) is 24.0. The number of carbonyl (C=O) groups excluding carboxylic acids is 2. The zero-order chi connectivity index (χ0) is 15.6. The quantitative estimate of drug-likeness (QED) is 0.885. The molecule has 1 aliphatic carbocycles. The average Bonchev–Trinajstić information content (AvgIpc) is 2.53. The van der Waals surface area contributed by atoms with Crippen LogP contribution in [0.25, 0.3) is 0 Å². The van der Waals surface area contributed by atoms with Gasteiger partial charge in [0, 0.05) is 30.3 Å². The first kappa shape index (κ1) is 14.7. The molecule has 1 saturated heterocycles. The molecule has 0 bridgehead atoms. The largest absolute Gasteiger partial charge is 0.350 e. The SMILES string of the molecule is Cc1cnc(C(=O)NCC23CCCC=C2NC(=O)CC3)cn1. The third-order valence-electron chi connectivity index (χ3n) is 4.48. The fourth-order valence-corrected chi connectivity index (χ4v) is 3.17. The summed E-state index contributed by atoms with van der Waals surface area (Å²) in [5.74, 6) is -0.150. The highest BCUT2D eigenvalue weighted by atomic mass is 16.2. The lowest BCUT2D eigenvalue weighted by Crippen LogP contribution is -2.48. The van der Waals surface area contributed by atoms with Gasteiger partial charge in [0.1, 0.15) is 5.69 Å². The Labute approximate surface area is 129 Å². The highest BCUT2D eigenvalue weighted by Gasteiger charge is 2.40. The van der Waals surface area contributed by atoms with Crippen molar-refractivity contribution in [3.05, 3.63) is 35.6 Å². The monoisotopic (exact) mass is 300 g/mol. The molecule has 1 fully saturated rings. The maximum absolute atomic E-state index is 12.2. The topological polar surface area (TPSA) is 84.0 Å². The molecule has 2 amide bonds. The van der Waals surface area contributed by atoms with Gasteiger partial charge in [-0.15, -0.1) is 0 Å². The van der Waals surface area contributed by atoms with Gasteiger partial charge >= 0.3 is 0 Å². The Morgan fingerprint density at radius 2 is 2.23 bits per heavy atom. The van der Waals surface area contributed by atoms with Crippen molar-refractivity contribution in [2.24, 2.45) is 5.41 Å². The summed E-state index contributed by atoms with van der Waals surface area (Å²) < 4.78 is 0. The Kier molecular flexibility index (Phi) is 3.92. The number of aryl methyl sites for hydroxylation is 1. The summed E-state index contributed by atoms with van der Waals surface area (Å²) in [7, 11) is 0. The van der Waals surface area contributed by atoms with Gasteiger partial charge in [-0.25, -0.2) is 4.98 Å². The van der Waals surface area contributed by atoms with Gasteiger partial charge in [0.05, 0.1) is 11.9 Å². The van der Waals surface area contributed by atoms with Crippen molar-refractivity contribution < 1.29 is 9.59 Å². The Morgan fingerprint density at radius 3 is 3.00 bits per heavy atom. The van der Waals surface area contributed by atoms with Crippen LogP contribution in [0.3, 0.4) is 0 Å². The molecule has 0 spiro atoms. The van der Waals surface area contributed by atoms with E-state index < -0.39 is 0 Å². The Morgan fingerprint density at radius 1 is 1.36 bits per heavy atom. The van der Waals surface area contributed by atoms with Crippen molar-refractivity contribution >= 4 is 11.8 Å². The lowest BCUT2D eigenvalue weighted by Gasteiger charge is -2.42. The molecular formula is C16H20N4O2. The standard InChI is InChI=1S/C16H20N4O2/c1-11-8-18-12(9-17-11)15(22)19-10-16-6-3-2-4-13(16)20-14(21)5-7-16/h4,8-9H,2-3,5-7,10H2,1H3,(H,19,22)(H,20,21). The second-order valence-electron chi connectivity index (χ2n) is 6.06. The van der Waals surface area contributed by atoms with Crippen LogP contribution in [0.4, 0.5) is 0 Å². The molecule has 0 saturated carbocycles. The molecule has 6 nitrogen and oxygen atoms in total. The molecule has 1 aromatic heterocycles. The van der Waals surface area contributed by atoms with Crippen LogP contribution in [0, 0.1) is 12.3 Å². The maximum atomic E-state index is 12.2. The number of rotatable bonds is 3. The number of hydrogen-bond acceptors (Lipinski definition) is 4. The van der Waals surface area contributed by atoms with Gasteiger partial charge in [0.2, 0.25) is 5.91 Å². The van der Waals surface area contributed by atoms with Crippen molar-refractivity contribution in [2.75, 3.05) is 6.54 Å². The fourth-order valence-electron chi connectivity index (χ4n) is 3.17. The summed E-state index contributed by atoms with van der Waals surface area (Å²) in [6.45, 7) is 2.35. The summed E-state index contributed by atoms with van der Waals surface area (Å²) in [6, 6.07) is 0. The number of nitrogens with zero attached hydrogens (tertiary/aromatic N) is 2.